The number of ether oxygens (including phenoxy) is 2. The zero-order chi connectivity index (χ0) is 14.0. The van der Waals surface area contributed by atoms with Crippen LogP contribution in [0.5, 0.6) is 11.5 Å². The minimum absolute atomic E-state index is 0.0502. The number of hydrogen-bond acceptors (Lipinski definition) is 6. The van der Waals surface area contributed by atoms with E-state index in [2.05, 4.69) is 5.16 Å². The number of benzene rings is 1. The zero-order valence-corrected chi connectivity index (χ0v) is 10.3. The molecular weight excluding hydrogens is 252 g/mol. The van der Waals surface area contributed by atoms with Crippen molar-refractivity contribution in [3.05, 3.63) is 23.8 Å². The van der Waals surface area contributed by atoms with E-state index in [1.807, 2.05) is 0 Å². The number of carboxylic acid groups (broad SMARTS) is 1. The summed E-state index contributed by atoms with van der Waals surface area (Å²) in [4.78, 5) is 11.1. The van der Waals surface area contributed by atoms with Crippen molar-refractivity contribution in [1.29, 1.82) is 0 Å². The van der Waals surface area contributed by atoms with E-state index in [4.69, 9.17) is 24.8 Å². The van der Waals surface area contributed by atoms with Gasteiger partial charge in [0.1, 0.15) is 5.69 Å². The third-order valence-corrected chi connectivity index (χ3v) is 2.53. The number of aromatic carboxylic acids is 1. The van der Waals surface area contributed by atoms with Crippen LogP contribution in [0.15, 0.2) is 22.7 Å². The third-order valence-electron chi connectivity index (χ3n) is 2.53. The molecule has 1 aromatic heterocycles. The molecule has 7 heteroatoms. The van der Waals surface area contributed by atoms with Crippen molar-refractivity contribution in [2.24, 2.45) is 0 Å². The third kappa shape index (κ3) is 2.30. The van der Waals surface area contributed by atoms with Crippen LogP contribution < -0.4 is 15.2 Å². The van der Waals surface area contributed by atoms with Crippen molar-refractivity contribution in [2.45, 2.75) is 0 Å². The van der Waals surface area contributed by atoms with Crippen LogP contribution in [0.25, 0.3) is 11.3 Å². The van der Waals surface area contributed by atoms with Gasteiger partial charge in [-0.3, -0.25) is 0 Å². The Morgan fingerprint density at radius 2 is 2.05 bits per heavy atom. The maximum atomic E-state index is 11.1. The lowest BCUT2D eigenvalue weighted by Gasteiger charge is -2.12. The van der Waals surface area contributed by atoms with Crippen LogP contribution in [-0.4, -0.2) is 30.5 Å². The second-order valence-corrected chi connectivity index (χ2v) is 3.68. The first-order valence-corrected chi connectivity index (χ1v) is 5.28. The molecule has 3 N–H and O–H groups in total. The smallest absolute Gasteiger partial charge is 0.335 e. The summed E-state index contributed by atoms with van der Waals surface area (Å²) in [5, 5.41) is 12.8. The number of nitrogen functional groups attached to an aromatic ring is 1. The number of nitrogens with zero attached hydrogens (tertiary/aromatic N) is 1. The number of anilines is 1. The molecule has 2 rings (SSSR count). The van der Waals surface area contributed by atoms with Gasteiger partial charge in [-0.25, -0.2) is 4.79 Å². The van der Waals surface area contributed by atoms with Gasteiger partial charge in [-0.05, 0) is 12.1 Å². The second kappa shape index (κ2) is 4.89. The topological polar surface area (TPSA) is 108 Å². The molecule has 0 bridgehead atoms. The first-order valence-electron chi connectivity index (χ1n) is 5.28. The van der Waals surface area contributed by atoms with E-state index in [-0.39, 0.29) is 11.4 Å². The molecule has 2 aromatic rings. The highest BCUT2D eigenvalue weighted by Gasteiger charge is 2.19. The van der Waals surface area contributed by atoms with E-state index < -0.39 is 5.97 Å². The van der Waals surface area contributed by atoms with Gasteiger partial charge in [-0.15, -0.1) is 0 Å². The largest absolute Gasteiger partial charge is 0.493 e. The Morgan fingerprint density at radius 3 is 2.53 bits per heavy atom. The molecular formula is C12H12N2O5. The van der Waals surface area contributed by atoms with Crippen LogP contribution in [0.4, 0.5) is 5.88 Å². The Labute approximate surface area is 108 Å². The fraction of sp³-hybridized carbons (Fsp3) is 0.167. The predicted molar refractivity (Wildman–Crippen MR) is 66.4 cm³/mol. The summed E-state index contributed by atoms with van der Waals surface area (Å²) in [7, 11) is 2.87. The first-order chi connectivity index (χ1) is 9.06. The van der Waals surface area contributed by atoms with Crippen molar-refractivity contribution in [2.75, 3.05) is 20.0 Å². The zero-order valence-electron chi connectivity index (χ0n) is 10.3. The number of hydrogen-bond donors (Lipinski definition) is 2. The summed E-state index contributed by atoms with van der Waals surface area (Å²) >= 11 is 0. The molecule has 1 heterocycles. The number of rotatable bonds is 4. The Kier molecular flexibility index (Phi) is 3.28. The van der Waals surface area contributed by atoms with E-state index in [9.17, 15) is 4.79 Å². The molecule has 0 fully saturated rings. The number of carboxylic acids is 1. The summed E-state index contributed by atoms with van der Waals surface area (Å²) in [6, 6.07) is 4.26. The molecule has 100 valence electrons. The fourth-order valence-electron chi connectivity index (χ4n) is 1.69. The van der Waals surface area contributed by atoms with E-state index >= 15 is 0 Å². The molecule has 0 aliphatic heterocycles. The van der Waals surface area contributed by atoms with Crippen molar-refractivity contribution in [3.63, 3.8) is 0 Å². The van der Waals surface area contributed by atoms with Gasteiger partial charge < -0.3 is 24.8 Å². The molecule has 1 aromatic carbocycles. The molecule has 0 saturated heterocycles. The van der Waals surface area contributed by atoms with Gasteiger partial charge >= 0.3 is 5.97 Å². The van der Waals surface area contributed by atoms with Gasteiger partial charge in [0, 0.05) is 6.07 Å². The molecule has 7 nitrogen and oxygen atoms in total. The van der Waals surface area contributed by atoms with E-state index in [1.54, 1.807) is 0 Å². The molecule has 0 spiro atoms. The minimum Gasteiger partial charge on any atom is -0.493 e. The molecule has 0 saturated carbocycles. The first kappa shape index (κ1) is 12.7. The molecule has 0 aliphatic rings. The van der Waals surface area contributed by atoms with Gasteiger partial charge in [0.15, 0.2) is 11.5 Å². The van der Waals surface area contributed by atoms with Crippen molar-refractivity contribution in [1.82, 2.24) is 5.16 Å². The van der Waals surface area contributed by atoms with E-state index in [1.165, 1.54) is 32.4 Å². The summed E-state index contributed by atoms with van der Waals surface area (Å²) in [5.74, 6) is -0.310. The maximum Gasteiger partial charge on any atom is 0.335 e. The summed E-state index contributed by atoms with van der Waals surface area (Å²) in [6.07, 6.45) is 0. The lowest BCUT2D eigenvalue weighted by molar-refractivity contribution is 0.0696. The van der Waals surface area contributed by atoms with Crippen LogP contribution in [-0.2, 0) is 0 Å². The molecule has 0 unspecified atom stereocenters. The molecule has 0 aliphatic carbocycles. The van der Waals surface area contributed by atoms with Crippen LogP contribution in [0.1, 0.15) is 10.4 Å². The lowest BCUT2D eigenvalue weighted by atomic mass is 10.1. The molecule has 0 radical (unpaired) electrons. The summed E-state index contributed by atoms with van der Waals surface area (Å²) < 4.78 is 15.1. The number of methoxy groups -OCH3 is 2. The Hall–Kier alpha value is -2.70. The number of carbonyl (C=O) groups is 1. The SMILES string of the molecule is COc1cc(C(=O)O)cc(-c2cc(N)on2)c1OC. The van der Waals surface area contributed by atoms with Gasteiger partial charge in [0.05, 0.1) is 25.3 Å². The van der Waals surface area contributed by atoms with Crippen LogP contribution >= 0.6 is 0 Å². The number of aromatic nitrogens is 1. The monoisotopic (exact) mass is 264 g/mol. The Bertz CT molecular complexity index is 621. The predicted octanol–water partition coefficient (Wildman–Crippen LogP) is 1.64. The minimum atomic E-state index is -1.08. The van der Waals surface area contributed by atoms with Crippen molar-refractivity contribution in [3.8, 4) is 22.8 Å². The highest BCUT2D eigenvalue weighted by atomic mass is 16.5. The highest BCUT2D eigenvalue weighted by molar-refractivity contribution is 5.91. The number of nitrogens with two attached hydrogens (primary N) is 1. The van der Waals surface area contributed by atoms with Crippen LogP contribution in [0, 0.1) is 0 Å². The average molecular weight is 264 g/mol. The summed E-state index contributed by atoms with van der Waals surface area (Å²) in [5.41, 5.74) is 6.31. The van der Waals surface area contributed by atoms with Gasteiger partial charge in [0.25, 0.3) is 0 Å². The van der Waals surface area contributed by atoms with Crippen LogP contribution in [0.2, 0.25) is 0 Å². The highest BCUT2D eigenvalue weighted by Crippen LogP contribution is 2.39. The molecule has 0 amide bonds. The van der Waals surface area contributed by atoms with Crippen molar-refractivity contribution < 1.29 is 23.9 Å². The van der Waals surface area contributed by atoms with Gasteiger partial charge in [-0.2, -0.15) is 0 Å². The quantitative estimate of drug-likeness (QED) is 0.864. The van der Waals surface area contributed by atoms with Crippen LogP contribution in [0.3, 0.4) is 0 Å². The molecule has 0 atom stereocenters. The summed E-state index contributed by atoms with van der Waals surface area (Å²) in [6.45, 7) is 0. The Morgan fingerprint density at radius 1 is 1.32 bits per heavy atom. The normalized spacial score (nSPS) is 10.2. The van der Waals surface area contributed by atoms with Gasteiger partial charge in [-0.1, -0.05) is 5.16 Å². The maximum absolute atomic E-state index is 11.1. The van der Waals surface area contributed by atoms with Crippen molar-refractivity contribution >= 4 is 11.9 Å². The van der Waals surface area contributed by atoms with Gasteiger partial charge in [0.2, 0.25) is 5.88 Å². The standard InChI is InChI=1S/C12H12N2O5/c1-17-9-4-6(12(15)16)3-7(11(9)18-2)8-5-10(13)19-14-8/h3-5H,13H2,1-2H3,(H,15,16). The van der Waals surface area contributed by atoms with E-state index in [0.29, 0.717) is 22.8 Å². The lowest BCUT2D eigenvalue weighted by Crippen LogP contribution is -2.01. The van der Waals surface area contributed by atoms with E-state index in [0.717, 1.165) is 0 Å². The fourth-order valence-corrected chi connectivity index (χ4v) is 1.69. The average Bonchev–Trinajstić information content (AvgIpc) is 2.83. The second-order valence-electron chi connectivity index (χ2n) is 3.68. The Balaban J connectivity index is 2.69. The molecule has 19 heavy (non-hydrogen) atoms.